The van der Waals surface area contributed by atoms with Crippen LogP contribution in [0.25, 0.3) is 0 Å². The Kier molecular flexibility index (Phi) is 20.1. The van der Waals surface area contributed by atoms with Crippen LogP contribution in [0.3, 0.4) is 0 Å². The van der Waals surface area contributed by atoms with Crippen molar-refractivity contribution in [2.24, 2.45) is 0 Å². The highest BCUT2D eigenvalue weighted by molar-refractivity contribution is 5.70. The lowest BCUT2D eigenvalue weighted by molar-refractivity contribution is -0.489. The van der Waals surface area contributed by atoms with Gasteiger partial charge in [-0.3, -0.25) is 9.59 Å². The summed E-state index contributed by atoms with van der Waals surface area (Å²) in [6.45, 7) is 1.45. The van der Waals surface area contributed by atoms with Crippen molar-refractivity contribution < 1.29 is 155 Å². The number of esters is 2. The molecule has 0 saturated heterocycles. The minimum absolute atomic E-state index is 0.0747. The number of hydrogen-bond donors (Lipinski definition) is 0. The van der Waals surface area contributed by atoms with Crippen LogP contribution in [0.1, 0.15) is 97.3 Å². The molecule has 412 valence electrons. The number of unbranched alkanes of at least 4 members (excludes halogenated alkanes) is 8. The fourth-order valence-corrected chi connectivity index (χ4v) is 5.37. The van der Waals surface area contributed by atoms with Gasteiger partial charge in [-0.1, -0.05) is 65.2 Å². The van der Waals surface area contributed by atoms with E-state index in [9.17, 15) is 146 Å². The van der Waals surface area contributed by atoms with Crippen LogP contribution < -0.4 is 0 Å². The van der Waals surface area contributed by atoms with Gasteiger partial charge in [0.2, 0.25) is 0 Å². The third kappa shape index (κ3) is 11.2. The summed E-state index contributed by atoms with van der Waals surface area (Å²) in [6.07, 6.45) is -13.5. The van der Waals surface area contributed by atoms with E-state index in [1.165, 1.54) is 0 Å². The molecule has 35 heteroatoms. The van der Waals surface area contributed by atoms with Gasteiger partial charge in [0.15, 0.2) is 0 Å². The first-order chi connectivity index (χ1) is 30.3. The molecule has 0 aromatic heterocycles. The van der Waals surface area contributed by atoms with E-state index in [0.29, 0.717) is 38.5 Å². The summed E-state index contributed by atoms with van der Waals surface area (Å²) in [5.74, 6) is -136. The van der Waals surface area contributed by atoms with Crippen molar-refractivity contribution >= 4 is 11.9 Å². The molecule has 0 aromatic rings. The Morgan fingerprint density at radius 2 is 0.580 bits per heavy atom. The molecule has 0 spiro atoms. The fourth-order valence-electron chi connectivity index (χ4n) is 5.37. The zero-order valence-electron chi connectivity index (χ0n) is 34.3. The van der Waals surface area contributed by atoms with Crippen molar-refractivity contribution in [2.75, 3.05) is 6.61 Å². The highest BCUT2D eigenvalue weighted by Crippen LogP contribution is 2.69. The maximum Gasteiger partial charge on any atom is 0.460 e. The molecule has 4 nitrogen and oxygen atoms in total. The Morgan fingerprint density at radius 1 is 0.333 bits per heavy atom. The molecule has 69 heavy (non-hydrogen) atoms. The number of alkyl halides is 31. The first kappa shape index (κ1) is 65.8. The number of rotatable bonds is 30. The number of carbonyl (C=O) groups is 2. The van der Waals surface area contributed by atoms with Crippen LogP contribution in [0.2, 0.25) is 0 Å². The van der Waals surface area contributed by atoms with Crippen molar-refractivity contribution in [3.63, 3.8) is 0 Å². The molecule has 0 N–H and O–H groups in total. The minimum atomic E-state index is -10.2. The third-order valence-electron chi connectivity index (χ3n) is 9.73. The van der Waals surface area contributed by atoms with Crippen LogP contribution >= 0.6 is 0 Å². The Labute approximate surface area is 366 Å². The average molecular weight is 1100 g/mol. The number of halogens is 31. The van der Waals surface area contributed by atoms with E-state index in [1.54, 1.807) is 13.8 Å². The van der Waals surface area contributed by atoms with Crippen LogP contribution in [0.5, 0.6) is 0 Å². The number of carbonyl (C=O) groups excluding carboxylic acids is 2. The molecule has 1 atom stereocenters. The van der Waals surface area contributed by atoms with Crippen molar-refractivity contribution in [3.8, 4) is 0 Å². The van der Waals surface area contributed by atoms with Crippen LogP contribution in [-0.2, 0) is 19.1 Å². The summed E-state index contributed by atoms with van der Waals surface area (Å²) < 4.78 is 442. The molecule has 0 saturated carbocycles. The van der Waals surface area contributed by atoms with E-state index in [0.717, 1.165) is 0 Å². The molecule has 0 heterocycles. The first-order valence-corrected chi connectivity index (χ1v) is 19.0. The van der Waals surface area contributed by atoms with Crippen molar-refractivity contribution in [1.82, 2.24) is 0 Å². The Hall–Kier alpha value is -3.23. The van der Waals surface area contributed by atoms with Gasteiger partial charge in [-0.25, -0.2) is 0 Å². The molecule has 0 aliphatic rings. The van der Waals surface area contributed by atoms with Crippen LogP contribution in [-0.4, -0.2) is 114 Å². The summed E-state index contributed by atoms with van der Waals surface area (Å²) in [4.78, 5) is 24.2. The van der Waals surface area contributed by atoms with Gasteiger partial charge < -0.3 is 9.47 Å². The molecule has 0 rings (SSSR count). The van der Waals surface area contributed by atoms with Gasteiger partial charge >= 0.3 is 101 Å². The largest absolute Gasteiger partial charge is 0.462 e. The fraction of sp³-hybridized carbons (Fsp3) is 0.941. The molecular formula is C34H35F31O4. The van der Waals surface area contributed by atoms with Gasteiger partial charge in [-0.15, -0.1) is 0 Å². The zero-order chi connectivity index (χ0) is 55.5. The quantitative estimate of drug-likeness (QED) is 0.0409. The monoisotopic (exact) mass is 1100 g/mol. The average Bonchev–Trinajstić information content (AvgIpc) is 3.18. The SMILES string of the molecule is CCCCCCCC(=O)OCC(CC(F)(F)C(F)(F)C(F)(F)C(F)(F)C(F)(F)C(F)(F)C(F)(F)C(F)(F)C(F)(F)C(F)(F)C(F)(F)C(F)(F)C(F)(F)C(F)(F)C(F)(F)F)OC(=O)CCCCCCC. The lowest BCUT2D eigenvalue weighted by Gasteiger charge is -2.46. The molecule has 0 fully saturated rings. The Balaban J connectivity index is 7.35. The number of ether oxygens (including phenoxy) is 2. The molecule has 0 aromatic carbocycles. The summed E-state index contributed by atoms with van der Waals surface area (Å²) in [6, 6.07) is 0. The standard InChI is InChI=1S/C34H35F31O4/c1-3-5-7-9-11-13-18(66)68-16-17(69-19(67)14-12-10-8-6-4-2)15-20(35,36)21(37,38)22(39,40)23(41,42)24(43,44)25(45,46)26(47,48)27(49,50)28(51,52)29(53,54)30(55,56)31(57,58)32(59,60)33(61,62)34(63,64)65/h17H,3-16H2,1-2H3. The molecule has 0 aliphatic carbocycles. The molecule has 0 aliphatic heterocycles. The normalized spacial score (nSPS) is 15.9. The molecule has 1 unspecified atom stereocenters. The van der Waals surface area contributed by atoms with E-state index in [2.05, 4.69) is 9.47 Å². The van der Waals surface area contributed by atoms with Crippen LogP contribution in [0.15, 0.2) is 0 Å². The highest BCUT2D eigenvalue weighted by Gasteiger charge is 3.01. The topological polar surface area (TPSA) is 52.6 Å². The Bertz CT molecular complexity index is 1690. The van der Waals surface area contributed by atoms with Gasteiger partial charge in [-0.2, -0.15) is 136 Å². The van der Waals surface area contributed by atoms with Crippen LogP contribution in [0.4, 0.5) is 136 Å². The second-order valence-electron chi connectivity index (χ2n) is 15.0. The second-order valence-corrected chi connectivity index (χ2v) is 15.0. The smallest absolute Gasteiger partial charge is 0.460 e. The molecule has 0 amide bonds. The van der Waals surface area contributed by atoms with Gasteiger partial charge in [0.25, 0.3) is 0 Å². The van der Waals surface area contributed by atoms with E-state index in [-0.39, 0.29) is 25.7 Å². The highest BCUT2D eigenvalue weighted by atomic mass is 19.4. The number of hydrogen-bond acceptors (Lipinski definition) is 4. The lowest BCUT2D eigenvalue weighted by Crippen LogP contribution is -2.79. The Morgan fingerprint density at radius 3 is 0.855 bits per heavy atom. The van der Waals surface area contributed by atoms with Gasteiger partial charge in [-0.05, 0) is 12.8 Å². The summed E-state index contributed by atoms with van der Waals surface area (Å²) >= 11 is 0. The molecule has 0 bridgehead atoms. The lowest BCUT2D eigenvalue weighted by atomic mass is 9.83. The molecule has 0 radical (unpaired) electrons. The van der Waals surface area contributed by atoms with Crippen molar-refractivity contribution in [1.29, 1.82) is 0 Å². The van der Waals surface area contributed by atoms with Crippen LogP contribution in [0, 0.1) is 0 Å². The van der Waals surface area contributed by atoms with Gasteiger partial charge in [0.05, 0.1) is 6.42 Å². The minimum Gasteiger partial charge on any atom is -0.462 e. The predicted octanol–water partition coefficient (Wildman–Crippen LogP) is 15.0. The third-order valence-corrected chi connectivity index (χ3v) is 9.73. The van der Waals surface area contributed by atoms with Gasteiger partial charge in [0, 0.05) is 12.8 Å². The maximum atomic E-state index is 14.9. The first-order valence-electron chi connectivity index (χ1n) is 19.0. The van der Waals surface area contributed by atoms with E-state index in [4.69, 9.17) is 0 Å². The van der Waals surface area contributed by atoms with E-state index < -0.39 is 133 Å². The molecular weight excluding hydrogens is 1060 g/mol. The van der Waals surface area contributed by atoms with Gasteiger partial charge in [0.1, 0.15) is 12.7 Å². The summed E-state index contributed by atoms with van der Waals surface area (Å²) in [7, 11) is 0. The zero-order valence-corrected chi connectivity index (χ0v) is 34.3. The predicted molar refractivity (Wildman–Crippen MR) is 168 cm³/mol. The summed E-state index contributed by atoms with van der Waals surface area (Å²) in [5.41, 5.74) is 0. The van der Waals surface area contributed by atoms with Crippen molar-refractivity contribution in [2.45, 2.75) is 193 Å². The second kappa shape index (κ2) is 21.1. The van der Waals surface area contributed by atoms with E-state index >= 15 is 0 Å². The van der Waals surface area contributed by atoms with E-state index in [1.807, 2.05) is 0 Å². The van der Waals surface area contributed by atoms with Crippen molar-refractivity contribution in [3.05, 3.63) is 0 Å². The summed E-state index contributed by atoms with van der Waals surface area (Å²) in [5, 5.41) is 0. The maximum absolute atomic E-state index is 14.9.